The molecule has 15 rings (SSSR count). The van der Waals surface area contributed by atoms with Crippen LogP contribution in [0.2, 0.25) is 0 Å². The lowest BCUT2D eigenvalue weighted by Crippen LogP contribution is -2.28. The van der Waals surface area contributed by atoms with Crippen molar-refractivity contribution < 1.29 is 4.42 Å². The number of para-hydroxylation sites is 2. The minimum atomic E-state index is -0.558. The van der Waals surface area contributed by atoms with Crippen LogP contribution in [0.1, 0.15) is 44.5 Å². The van der Waals surface area contributed by atoms with E-state index in [2.05, 4.69) is 260 Å². The van der Waals surface area contributed by atoms with Gasteiger partial charge in [0, 0.05) is 33.3 Å². The number of fused-ring (bicyclic) bond motifs is 16. The van der Waals surface area contributed by atoms with Crippen LogP contribution in [0.4, 0.5) is 17.1 Å². The first-order valence-corrected chi connectivity index (χ1v) is 24.3. The zero-order valence-corrected chi connectivity index (χ0v) is 38.2. The lowest BCUT2D eigenvalue weighted by molar-refractivity contribution is 0.670. The van der Waals surface area contributed by atoms with E-state index in [1.54, 1.807) is 0 Å². The van der Waals surface area contributed by atoms with Crippen LogP contribution in [0.25, 0.3) is 66.4 Å². The van der Waals surface area contributed by atoms with Gasteiger partial charge in [0.2, 0.25) is 0 Å². The lowest BCUT2D eigenvalue weighted by atomic mass is 9.67. The average Bonchev–Trinajstić information content (AvgIpc) is 4.15. The molecule has 0 amide bonds. The monoisotopic (exact) mass is 889 g/mol. The molecule has 0 fully saturated rings. The van der Waals surface area contributed by atoms with E-state index >= 15 is 0 Å². The molecule has 0 saturated carbocycles. The zero-order chi connectivity index (χ0) is 46.0. The minimum absolute atomic E-state index is 0.481. The van der Waals surface area contributed by atoms with Crippen molar-refractivity contribution in [3.8, 4) is 44.5 Å². The molecular weight excluding hydrogens is 847 g/mol. The topological polar surface area (TPSA) is 16.4 Å². The molecule has 70 heavy (non-hydrogen) atoms. The molecule has 1 spiro atoms. The number of rotatable bonds is 6. The van der Waals surface area contributed by atoms with Crippen LogP contribution < -0.4 is 4.90 Å². The summed E-state index contributed by atoms with van der Waals surface area (Å²) in [6.07, 6.45) is 0. The van der Waals surface area contributed by atoms with Gasteiger partial charge in [-0.05, 0) is 114 Å². The van der Waals surface area contributed by atoms with Gasteiger partial charge in [-0.1, -0.05) is 224 Å². The maximum atomic E-state index is 6.59. The number of anilines is 3. The molecule has 0 radical (unpaired) electrons. The number of benzene rings is 11. The molecule has 1 aromatic heterocycles. The van der Waals surface area contributed by atoms with Crippen molar-refractivity contribution in [1.29, 1.82) is 0 Å². The van der Waals surface area contributed by atoms with Gasteiger partial charge in [-0.3, -0.25) is 0 Å². The van der Waals surface area contributed by atoms with E-state index in [1.807, 2.05) is 6.07 Å². The number of hydrogen-bond donors (Lipinski definition) is 0. The number of furan rings is 1. The second kappa shape index (κ2) is 14.8. The largest absolute Gasteiger partial charge is 0.455 e. The summed E-state index contributed by atoms with van der Waals surface area (Å²) in [5.41, 5.74) is 24.2. The Kier molecular flexibility index (Phi) is 8.24. The Hall–Kier alpha value is -8.98. The highest BCUT2D eigenvalue weighted by atomic mass is 16.3. The number of nitrogens with zero attached hydrogens (tertiary/aromatic N) is 1. The fourth-order valence-electron chi connectivity index (χ4n) is 13.1. The maximum absolute atomic E-state index is 6.59. The van der Waals surface area contributed by atoms with Crippen molar-refractivity contribution in [1.82, 2.24) is 0 Å². The molecule has 0 bridgehead atoms. The van der Waals surface area contributed by atoms with Gasteiger partial charge in [-0.15, -0.1) is 0 Å². The third-order valence-electron chi connectivity index (χ3n) is 15.8. The molecule has 2 nitrogen and oxygen atoms in total. The lowest BCUT2D eigenvalue weighted by Gasteiger charge is -2.35. The Morgan fingerprint density at radius 3 is 1.43 bits per heavy atom. The Bertz CT molecular complexity index is 3980. The summed E-state index contributed by atoms with van der Waals surface area (Å²) in [5, 5.41) is 2.26. The highest BCUT2D eigenvalue weighted by Crippen LogP contribution is 2.65. The Labute approximate surface area is 407 Å². The van der Waals surface area contributed by atoms with Crippen LogP contribution in [0.15, 0.2) is 265 Å². The molecule has 0 aliphatic heterocycles. The van der Waals surface area contributed by atoms with Crippen molar-refractivity contribution >= 4 is 39.0 Å². The fourth-order valence-corrected chi connectivity index (χ4v) is 13.1. The SMILES string of the molecule is c1ccc(C2(c3ccccc3)c3ccccc3-c3ccc(N(c4ccc(-c5cccc6c5oc5ccccc56)cc4)c4cccc5c4-c4ccccc4C54c5ccccc5-c5ccccc54)cc32)cc1. The van der Waals surface area contributed by atoms with Crippen molar-refractivity contribution in [3.63, 3.8) is 0 Å². The second-order valence-electron chi connectivity index (χ2n) is 19.0. The smallest absolute Gasteiger partial charge is 0.143 e. The fraction of sp³-hybridized carbons (Fsp3) is 0.0294. The van der Waals surface area contributed by atoms with Crippen molar-refractivity contribution in [2.24, 2.45) is 0 Å². The summed E-state index contributed by atoms with van der Waals surface area (Å²) in [6, 6.07) is 96.7. The quantitative estimate of drug-likeness (QED) is 0.165. The summed E-state index contributed by atoms with van der Waals surface area (Å²) < 4.78 is 6.59. The average molecular weight is 890 g/mol. The second-order valence-corrected chi connectivity index (χ2v) is 19.0. The van der Waals surface area contributed by atoms with Crippen LogP contribution in [0, 0.1) is 0 Å². The van der Waals surface area contributed by atoms with Crippen LogP contribution >= 0.6 is 0 Å². The molecule has 12 aromatic rings. The molecule has 2 heteroatoms. The first-order chi connectivity index (χ1) is 34.7. The van der Waals surface area contributed by atoms with E-state index in [0.29, 0.717) is 0 Å². The summed E-state index contributed by atoms with van der Waals surface area (Å²) in [6.45, 7) is 0. The highest BCUT2D eigenvalue weighted by Gasteiger charge is 2.53. The van der Waals surface area contributed by atoms with Gasteiger partial charge in [0.05, 0.1) is 16.5 Å². The molecule has 0 N–H and O–H groups in total. The van der Waals surface area contributed by atoms with Crippen molar-refractivity contribution in [3.05, 3.63) is 305 Å². The molecule has 3 aliphatic rings. The molecule has 0 saturated heterocycles. The van der Waals surface area contributed by atoms with Gasteiger partial charge < -0.3 is 9.32 Å². The van der Waals surface area contributed by atoms with Crippen LogP contribution in [-0.4, -0.2) is 0 Å². The predicted octanol–water partition coefficient (Wildman–Crippen LogP) is 17.4. The van der Waals surface area contributed by atoms with Gasteiger partial charge in [-0.25, -0.2) is 0 Å². The van der Waals surface area contributed by atoms with Crippen LogP contribution in [-0.2, 0) is 10.8 Å². The summed E-state index contributed by atoms with van der Waals surface area (Å²) in [7, 11) is 0. The standard InChI is InChI=1S/C68H43NO/c1-3-19-45(20-4-1)67(46-21-5-2-6-22-46)57-30-12-7-25-52(57)53-42-41-48(43-62(53)67)69(47-39-37-44(38-40-47)49-28-17-29-55-54-26-11-16-36-64(54)70-66(49)55)63-35-18-34-61-65(63)56-27-10-15-33-60(56)68(61)58-31-13-8-23-50(58)51-24-9-14-32-59(51)68/h1-43H. The predicted molar refractivity (Wildman–Crippen MR) is 287 cm³/mol. The molecule has 1 heterocycles. The minimum Gasteiger partial charge on any atom is -0.455 e. The van der Waals surface area contributed by atoms with Gasteiger partial charge in [-0.2, -0.15) is 0 Å². The molecule has 0 unspecified atom stereocenters. The Balaban J connectivity index is 1.00. The third-order valence-corrected chi connectivity index (χ3v) is 15.8. The van der Waals surface area contributed by atoms with E-state index in [1.165, 1.54) is 77.9 Å². The van der Waals surface area contributed by atoms with Crippen LogP contribution in [0.3, 0.4) is 0 Å². The van der Waals surface area contributed by atoms with Gasteiger partial charge in [0.1, 0.15) is 11.2 Å². The molecule has 0 atom stereocenters. The van der Waals surface area contributed by atoms with E-state index in [9.17, 15) is 0 Å². The van der Waals surface area contributed by atoms with E-state index in [0.717, 1.165) is 50.1 Å². The van der Waals surface area contributed by atoms with Crippen molar-refractivity contribution in [2.75, 3.05) is 4.90 Å². The summed E-state index contributed by atoms with van der Waals surface area (Å²) >= 11 is 0. The first kappa shape index (κ1) is 39.1. The van der Waals surface area contributed by atoms with Crippen LogP contribution in [0.5, 0.6) is 0 Å². The summed E-state index contributed by atoms with van der Waals surface area (Å²) in [4.78, 5) is 2.52. The van der Waals surface area contributed by atoms with Gasteiger partial charge in [0.25, 0.3) is 0 Å². The molecule has 11 aromatic carbocycles. The van der Waals surface area contributed by atoms with E-state index < -0.39 is 10.8 Å². The van der Waals surface area contributed by atoms with Crippen molar-refractivity contribution in [2.45, 2.75) is 10.8 Å². The molecule has 326 valence electrons. The third kappa shape index (κ3) is 5.12. The number of hydrogen-bond acceptors (Lipinski definition) is 2. The van der Waals surface area contributed by atoms with E-state index in [-0.39, 0.29) is 0 Å². The normalized spacial score (nSPS) is 13.9. The Morgan fingerprint density at radius 1 is 0.300 bits per heavy atom. The zero-order valence-electron chi connectivity index (χ0n) is 38.2. The highest BCUT2D eigenvalue weighted by molar-refractivity contribution is 6.10. The van der Waals surface area contributed by atoms with Gasteiger partial charge in [0.15, 0.2) is 0 Å². The maximum Gasteiger partial charge on any atom is 0.143 e. The van der Waals surface area contributed by atoms with Gasteiger partial charge >= 0.3 is 0 Å². The molecule has 3 aliphatic carbocycles. The summed E-state index contributed by atoms with van der Waals surface area (Å²) in [5.74, 6) is 0. The first-order valence-electron chi connectivity index (χ1n) is 24.3. The molecular formula is C68H43NO. The van der Waals surface area contributed by atoms with E-state index in [4.69, 9.17) is 4.42 Å². The Morgan fingerprint density at radius 2 is 0.771 bits per heavy atom.